The van der Waals surface area contributed by atoms with Crippen LogP contribution in [0.1, 0.15) is 11.4 Å². The molecule has 152 valence electrons. The molecule has 4 aromatic rings. The standard InChI is InChI=1S/C21H20N6O3/c1-13-9-19(28)26(24-13)17-7-3-5-15(11-17)22-21(30)23-16-6-4-8-18(12-16)27-20(29)10-14(2)25-27/h3-12,24-25H,1-2H3,(H2,22,23,30). The highest BCUT2D eigenvalue weighted by Gasteiger charge is 2.08. The molecule has 2 heterocycles. The summed E-state index contributed by atoms with van der Waals surface area (Å²) >= 11 is 0. The number of benzene rings is 2. The highest BCUT2D eigenvalue weighted by Crippen LogP contribution is 2.16. The first-order valence-corrected chi connectivity index (χ1v) is 9.25. The van der Waals surface area contributed by atoms with Crippen molar-refractivity contribution in [3.05, 3.63) is 92.8 Å². The minimum Gasteiger partial charge on any atom is -0.308 e. The van der Waals surface area contributed by atoms with Crippen LogP contribution in [0.25, 0.3) is 11.4 Å². The molecule has 2 aromatic carbocycles. The van der Waals surface area contributed by atoms with E-state index >= 15 is 0 Å². The predicted molar refractivity (Wildman–Crippen MR) is 115 cm³/mol. The fourth-order valence-corrected chi connectivity index (χ4v) is 3.15. The molecule has 2 aromatic heterocycles. The van der Waals surface area contributed by atoms with Crippen molar-refractivity contribution in [2.45, 2.75) is 13.8 Å². The number of nitrogens with one attached hydrogen (secondary N) is 4. The highest BCUT2D eigenvalue weighted by atomic mass is 16.2. The summed E-state index contributed by atoms with van der Waals surface area (Å²) in [7, 11) is 0. The normalized spacial score (nSPS) is 10.7. The monoisotopic (exact) mass is 404 g/mol. The number of aryl methyl sites for hydroxylation is 2. The van der Waals surface area contributed by atoms with Crippen LogP contribution >= 0.6 is 0 Å². The SMILES string of the molecule is Cc1cc(=O)n(-c2cccc(NC(=O)Nc3cccc(-n4[nH]c(C)cc4=O)c3)c2)[nH]1. The van der Waals surface area contributed by atoms with Crippen LogP contribution in [0.4, 0.5) is 16.2 Å². The average molecular weight is 404 g/mol. The molecule has 30 heavy (non-hydrogen) atoms. The van der Waals surface area contributed by atoms with Gasteiger partial charge in [-0.05, 0) is 50.2 Å². The summed E-state index contributed by atoms with van der Waals surface area (Å²) in [6.45, 7) is 3.59. The third-order valence-electron chi connectivity index (χ3n) is 4.42. The second-order valence-corrected chi connectivity index (χ2v) is 6.91. The summed E-state index contributed by atoms with van der Waals surface area (Å²) < 4.78 is 2.80. The maximum absolute atomic E-state index is 12.4. The number of hydrogen-bond donors (Lipinski definition) is 4. The maximum atomic E-state index is 12.4. The number of carbonyl (C=O) groups excluding carboxylic acids is 1. The van der Waals surface area contributed by atoms with E-state index in [9.17, 15) is 14.4 Å². The number of amides is 2. The van der Waals surface area contributed by atoms with Crippen molar-refractivity contribution in [1.29, 1.82) is 0 Å². The van der Waals surface area contributed by atoms with E-state index in [1.165, 1.54) is 21.5 Å². The Morgan fingerprint density at radius 1 is 0.733 bits per heavy atom. The third kappa shape index (κ3) is 3.95. The van der Waals surface area contributed by atoms with Crippen molar-refractivity contribution >= 4 is 17.4 Å². The fraction of sp³-hybridized carbons (Fsp3) is 0.0952. The Morgan fingerprint density at radius 3 is 1.53 bits per heavy atom. The third-order valence-corrected chi connectivity index (χ3v) is 4.42. The Labute approximate surface area is 170 Å². The van der Waals surface area contributed by atoms with E-state index < -0.39 is 6.03 Å². The van der Waals surface area contributed by atoms with Gasteiger partial charge >= 0.3 is 6.03 Å². The number of aromatic amines is 2. The Hall–Kier alpha value is -4.27. The summed E-state index contributed by atoms with van der Waals surface area (Å²) in [5, 5.41) is 11.4. The van der Waals surface area contributed by atoms with E-state index in [0.29, 0.717) is 22.7 Å². The topological polar surface area (TPSA) is 117 Å². The first-order valence-electron chi connectivity index (χ1n) is 9.25. The van der Waals surface area contributed by atoms with Gasteiger partial charge < -0.3 is 10.6 Å². The number of urea groups is 1. The summed E-state index contributed by atoms with van der Waals surface area (Å²) in [5.74, 6) is 0. The largest absolute Gasteiger partial charge is 0.323 e. The predicted octanol–water partition coefficient (Wildman–Crippen LogP) is 2.91. The Balaban J connectivity index is 1.51. The van der Waals surface area contributed by atoms with Crippen molar-refractivity contribution in [1.82, 2.24) is 19.6 Å². The number of nitrogens with zero attached hydrogens (tertiary/aromatic N) is 2. The van der Waals surface area contributed by atoms with Gasteiger partial charge in [0.05, 0.1) is 11.4 Å². The highest BCUT2D eigenvalue weighted by molar-refractivity contribution is 6.00. The van der Waals surface area contributed by atoms with Gasteiger partial charge in [-0.3, -0.25) is 19.8 Å². The lowest BCUT2D eigenvalue weighted by molar-refractivity contribution is 0.262. The van der Waals surface area contributed by atoms with E-state index in [2.05, 4.69) is 20.8 Å². The van der Waals surface area contributed by atoms with Gasteiger partial charge in [-0.25, -0.2) is 14.2 Å². The fourth-order valence-electron chi connectivity index (χ4n) is 3.15. The molecule has 9 heteroatoms. The summed E-state index contributed by atoms with van der Waals surface area (Å²) in [5.41, 5.74) is 3.39. The summed E-state index contributed by atoms with van der Waals surface area (Å²) in [6.07, 6.45) is 0. The van der Waals surface area contributed by atoms with E-state index in [-0.39, 0.29) is 11.1 Å². The van der Waals surface area contributed by atoms with Crippen molar-refractivity contribution < 1.29 is 4.79 Å². The second kappa shape index (κ2) is 7.63. The smallest absolute Gasteiger partial charge is 0.308 e. The Kier molecular flexibility index (Phi) is 4.85. The van der Waals surface area contributed by atoms with Gasteiger partial charge in [-0.1, -0.05) is 12.1 Å². The number of carbonyl (C=O) groups is 1. The molecule has 0 bridgehead atoms. The zero-order valence-electron chi connectivity index (χ0n) is 16.4. The van der Waals surface area contributed by atoms with E-state index in [4.69, 9.17) is 0 Å². The van der Waals surface area contributed by atoms with Crippen molar-refractivity contribution in [3.63, 3.8) is 0 Å². The van der Waals surface area contributed by atoms with Crippen LogP contribution in [0.5, 0.6) is 0 Å². The maximum Gasteiger partial charge on any atom is 0.323 e. The molecule has 0 saturated carbocycles. The van der Waals surface area contributed by atoms with Crippen LogP contribution < -0.4 is 21.8 Å². The summed E-state index contributed by atoms with van der Waals surface area (Å²) in [4.78, 5) is 36.4. The van der Waals surface area contributed by atoms with Crippen LogP contribution in [0, 0.1) is 13.8 Å². The van der Waals surface area contributed by atoms with Gasteiger partial charge in [0.1, 0.15) is 0 Å². The minimum atomic E-state index is -0.450. The zero-order valence-corrected chi connectivity index (χ0v) is 16.4. The molecule has 0 unspecified atom stereocenters. The Morgan fingerprint density at radius 2 is 1.17 bits per heavy atom. The molecule has 0 aliphatic carbocycles. The molecular weight excluding hydrogens is 384 g/mol. The molecule has 4 N–H and O–H groups in total. The molecule has 0 fully saturated rings. The van der Waals surface area contributed by atoms with Gasteiger partial charge in [0.25, 0.3) is 11.1 Å². The quantitative estimate of drug-likeness (QED) is 0.419. The first-order chi connectivity index (χ1) is 14.4. The number of rotatable bonds is 4. The molecule has 0 radical (unpaired) electrons. The van der Waals surface area contributed by atoms with Crippen LogP contribution in [0.15, 0.2) is 70.3 Å². The van der Waals surface area contributed by atoms with Gasteiger partial charge in [0.15, 0.2) is 0 Å². The lowest BCUT2D eigenvalue weighted by Gasteiger charge is -2.10. The van der Waals surface area contributed by atoms with E-state index in [0.717, 1.165) is 11.4 Å². The minimum absolute atomic E-state index is 0.180. The van der Waals surface area contributed by atoms with Crippen LogP contribution in [0.3, 0.4) is 0 Å². The molecule has 0 aliphatic heterocycles. The number of aromatic nitrogens is 4. The van der Waals surface area contributed by atoms with Crippen LogP contribution in [-0.2, 0) is 0 Å². The van der Waals surface area contributed by atoms with Crippen LogP contribution in [0.2, 0.25) is 0 Å². The molecule has 2 amide bonds. The zero-order chi connectivity index (χ0) is 21.3. The first kappa shape index (κ1) is 19.1. The molecule has 9 nitrogen and oxygen atoms in total. The van der Waals surface area contributed by atoms with E-state index in [1.807, 2.05) is 0 Å². The number of hydrogen-bond acceptors (Lipinski definition) is 3. The van der Waals surface area contributed by atoms with Gasteiger partial charge in [-0.2, -0.15) is 0 Å². The van der Waals surface area contributed by atoms with Crippen LogP contribution in [-0.4, -0.2) is 25.6 Å². The average Bonchev–Trinajstić information content (AvgIpc) is 3.22. The van der Waals surface area contributed by atoms with Gasteiger partial charge in [0, 0.05) is 34.9 Å². The number of anilines is 2. The molecule has 0 atom stereocenters. The molecular formula is C21H20N6O3. The molecule has 0 saturated heterocycles. The number of H-pyrrole nitrogens is 2. The molecule has 0 spiro atoms. The summed E-state index contributed by atoms with van der Waals surface area (Å²) in [6, 6.07) is 16.4. The lowest BCUT2D eigenvalue weighted by Crippen LogP contribution is -2.20. The van der Waals surface area contributed by atoms with Crippen molar-refractivity contribution in [2.24, 2.45) is 0 Å². The molecule has 0 aliphatic rings. The Bertz CT molecular complexity index is 1240. The second-order valence-electron chi connectivity index (χ2n) is 6.91. The van der Waals surface area contributed by atoms with Gasteiger partial charge in [0.2, 0.25) is 0 Å². The van der Waals surface area contributed by atoms with E-state index in [1.54, 1.807) is 62.4 Å². The van der Waals surface area contributed by atoms with Gasteiger partial charge in [-0.15, -0.1) is 0 Å². The van der Waals surface area contributed by atoms with Crippen molar-refractivity contribution in [2.75, 3.05) is 10.6 Å². The van der Waals surface area contributed by atoms with Crippen molar-refractivity contribution in [3.8, 4) is 11.4 Å². The lowest BCUT2D eigenvalue weighted by atomic mass is 10.2. The molecule has 4 rings (SSSR count).